The first kappa shape index (κ1) is 20.8. The molecule has 1 aromatic carbocycles. The highest BCUT2D eigenvalue weighted by atomic mass is 19.1. The molecule has 1 amide bonds. The standard InChI is InChI=1S/C21H34FN3O/c1-16(2)20-15-24(13-10-21(26)23-17(3)4)11-5-12-25(20)14-18-6-8-19(22)9-7-18/h6-9,16-17,20H,5,10-15H2,1-4H3,(H,23,26)/t20-/m0/s1. The first-order valence-corrected chi connectivity index (χ1v) is 9.85. The lowest BCUT2D eigenvalue weighted by Crippen LogP contribution is -2.44. The Balaban J connectivity index is 1.95. The minimum atomic E-state index is -0.184. The molecule has 1 atom stereocenters. The number of rotatable bonds is 7. The molecule has 2 rings (SSSR count). The second-order valence-electron chi connectivity index (χ2n) is 8.03. The highest BCUT2D eigenvalue weighted by Gasteiger charge is 2.27. The fraction of sp³-hybridized carbons (Fsp3) is 0.667. The monoisotopic (exact) mass is 363 g/mol. The maximum atomic E-state index is 13.2. The molecule has 1 N–H and O–H groups in total. The molecule has 5 heteroatoms. The lowest BCUT2D eigenvalue weighted by atomic mass is 10.0. The number of benzene rings is 1. The van der Waals surface area contributed by atoms with Gasteiger partial charge in [-0.1, -0.05) is 26.0 Å². The van der Waals surface area contributed by atoms with E-state index in [1.54, 1.807) is 0 Å². The molecule has 26 heavy (non-hydrogen) atoms. The van der Waals surface area contributed by atoms with E-state index in [9.17, 15) is 9.18 Å². The predicted octanol–water partition coefficient (Wildman–Crippen LogP) is 3.27. The van der Waals surface area contributed by atoms with Crippen LogP contribution in [-0.4, -0.2) is 54.0 Å². The fourth-order valence-electron chi connectivity index (χ4n) is 3.64. The molecule has 0 aromatic heterocycles. The Morgan fingerprint density at radius 2 is 1.88 bits per heavy atom. The van der Waals surface area contributed by atoms with Gasteiger partial charge in [0.15, 0.2) is 0 Å². The van der Waals surface area contributed by atoms with E-state index < -0.39 is 0 Å². The summed E-state index contributed by atoms with van der Waals surface area (Å²) in [6.07, 6.45) is 1.65. The molecule has 1 aliphatic heterocycles. The molecule has 0 radical (unpaired) electrons. The van der Waals surface area contributed by atoms with Gasteiger partial charge in [0.25, 0.3) is 0 Å². The second-order valence-corrected chi connectivity index (χ2v) is 8.03. The van der Waals surface area contributed by atoms with Crippen LogP contribution in [-0.2, 0) is 11.3 Å². The van der Waals surface area contributed by atoms with E-state index in [0.29, 0.717) is 18.4 Å². The molecule has 0 bridgehead atoms. The number of amides is 1. The second kappa shape index (κ2) is 10.0. The normalized spacial score (nSPS) is 19.7. The van der Waals surface area contributed by atoms with E-state index in [1.807, 2.05) is 26.0 Å². The lowest BCUT2D eigenvalue weighted by molar-refractivity contribution is -0.121. The molecule has 0 spiro atoms. The van der Waals surface area contributed by atoms with Gasteiger partial charge in [-0.15, -0.1) is 0 Å². The third-order valence-corrected chi connectivity index (χ3v) is 5.01. The number of carbonyl (C=O) groups excluding carboxylic acids is 1. The number of nitrogens with one attached hydrogen (secondary N) is 1. The summed E-state index contributed by atoms with van der Waals surface area (Å²) in [6.45, 7) is 13.2. The van der Waals surface area contributed by atoms with Gasteiger partial charge in [0.05, 0.1) is 0 Å². The maximum absolute atomic E-state index is 13.2. The zero-order valence-corrected chi connectivity index (χ0v) is 16.7. The van der Waals surface area contributed by atoms with Gasteiger partial charge in [-0.25, -0.2) is 4.39 Å². The van der Waals surface area contributed by atoms with Crippen LogP contribution in [0.4, 0.5) is 4.39 Å². The van der Waals surface area contributed by atoms with Crippen molar-refractivity contribution < 1.29 is 9.18 Å². The fourth-order valence-corrected chi connectivity index (χ4v) is 3.64. The van der Waals surface area contributed by atoms with Crippen molar-refractivity contribution in [1.82, 2.24) is 15.1 Å². The van der Waals surface area contributed by atoms with Crippen LogP contribution in [0.2, 0.25) is 0 Å². The van der Waals surface area contributed by atoms with Crippen LogP contribution in [0.15, 0.2) is 24.3 Å². The summed E-state index contributed by atoms with van der Waals surface area (Å²) in [5.74, 6) is 0.477. The Morgan fingerprint density at radius 1 is 1.19 bits per heavy atom. The van der Waals surface area contributed by atoms with Gasteiger partial charge in [-0.2, -0.15) is 0 Å². The van der Waals surface area contributed by atoms with Gasteiger partial charge in [0.1, 0.15) is 5.82 Å². The van der Waals surface area contributed by atoms with E-state index in [-0.39, 0.29) is 17.8 Å². The molecule has 0 aliphatic carbocycles. The molecule has 1 fully saturated rings. The van der Waals surface area contributed by atoms with Crippen molar-refractivity contribution in [2.24, 2.45) is 5.92 Å². The van der Waals surface area contributed by atoms with E-state index in [2.05, 4.69) is 29.0 Å². The highest BCUT2D eigenvalue weighted by Crippen LogP contribution is 2.20. The molecule has 1 aliphatic rings. The third-order valence-electron chi connectivity index (χ3n) is 5.01. The van der Waals surface area contributed by atoms with E-state index in [4.69, 9.17) is 0 Å². The third kappa shape index (κ3) is 6.69. The summed E-state index contributed by atoms with van der Waals surface area (Å²) >= 11 is 0. The molecular weight excluding hydrogens is 329 g/mol. The topological polar surface area (TPSA) is 35.6 Å². The average molecular weight is 364 g/mol. The zero-order chi connectivity index (χ0) is 19.1. The van der Waals surface area contributed by atoms with Gasteiger partial charge in [0, 0.05) is 44.7 Å². The minimum absolute atomic E-state index is 0.133. The minimum Gasteiger partial charge on any atom is -0.354 e. The van der Waals surface area contributed by atoms with Crippen molar-refractivity contribution in [3.05, 3.63) is 35.6 Å². The Labute approximate surface area is 157 Å². The van der Waals surface area contributed by atoms with Gasteiger partial charge in [-0.3, -0.25) is 9.69 Å². The van der Waals surface area contributed by atoms with Gasteiger partial charge >= 0.3 is 0 Å². The predicted molar refractivity (Wildman–Crippen MR) is 104 cm³/mol. The number of nitrogens with zero attached hydrogens (tertiary/aromatic N) is 2. The van der Waals surface area contributed by atoms with Crippen LogP contribution in [0.3, 0.4) is 0 Å². The molecule has 0 saturated carbocycles. The molecule has 1 heterocycles. The SMILES string of the molecule is CC(C)NC(=O)CCN1CCCN(Cc2ccc(F)cc2)[C@H](C(C)C)C1. The van der Waals surface area contributed by atoms with Crippen molar-refractivity contribution in [2.45, 2.75) is 59.2 Å². The first-order chi connectivity index (χ1) is 12.3. The summed E-state index contributed by atoms with van der Waals surface area (Å²) in [5.41, 5.74) is 1.15. The highest BCUT2D eigenvalue weighted by molar-refractivity contribution is 5.76. The summed E-state index contributed by atoms with van der Waals surface area (Å²) in [7, 11) is 0. The van der Waals surface area contributed by atoms with Crippen molar-refractivity contribution in [1.29, 1.82) is 0 Å². The summed E-state index contributed by atoms with van der Waals surface area (Å²) in [4.78, 5) is 16.9. The van der Waals surface area contributed by atoms with E-state index in [1.165, 1.54) is 12.1 Å². The van der Waals surface area contributed by atoms with Gasteiger partial charge in [-0.05, 0) is 50.4 Å². The maximum Gasteiger partial charge on any atom is 0.221 e. The van der Waals surface area contributed by atoms with Crippen molar-refractivity contribution in [2.75, 3.05) is 26.2 Å². The summed E-state index contributed by atoms with van der Waals surface area (Å²) in [6, 6.07) is 7.47. The van der Waals surface area contributed by atoms with E-state index >= 15 is 0 Å². The van der Waals surface area contributed by atoms with Crippen LogP contribution in [0, 0.1) is 11.7 Å². The van der Waals surface area contributed by atoms with Crippen molar-refractivity contribution in [3.8, 4) is 0 Å². The average Bonchev–Trinajstić information content (AvgIpc) is 2.77. The number of hydrogen-bond acceptors (Lipinski definition) is 3. The Bertz CT molecular complexity index is 559. The van der Waals surface area contributed by atoms with Crippen LogP contribution in [0.1, 0.15) is 46.1 Å². The van der Waals surface area contributed by atoms with Gasteiger partial charge in [0.2, 0.25) is 5.91 Å². The van der Waals surface area contributed by atoms with Crippen LogP contribution < -0.4 is 5.32 Å². The molecule has 1 saturated heterocycles. The Kier molecular flexibility index (Phi) is 8.04. The number of halogens is 1. The quantitative estimate of drug-likeness (QED) is 0.808. The Morgan fingerprint density at radius 3 is 2.50 bits per heavy atom. The lowest BCUT2D eigenvalue weighted by Gasteiger charge is -2.34. The first-order valence-electron chi connectivity index (χ1n) is 9.85. The molecule has 4 nitrogen and oxygen atoms in total. The molecular formula is C21H34FN3O. The zero-order valence-electron chi connectivity index (χ0n) is 16.7. The summed E-state index contributed by atoms with van der Waals surface area (Å²) < 4.78 is 13.2. The Hall–Kier alpha value is -1.46. The molecule has 0 unspecified atom stereocenters. The van der Waals surface area contributed by atoms with Crippen molar-refractivity contribution >= 4 is 5.91 Å². The van der Waals surface area contributed by atoms with Gasteiger partial charge < -0.3 is 10.2 Å². The van der Waals surface area contributed by atoms with Crippen molar-refractivity contribution in [3.63, 3.8) is 0 Å². The molecule has 146 valence electrons. The van der Waals surface area contributed by atoms with Crippen LogP contribution in [0.25, 0.3) is 0 Å². The van der Waals surface area contributed by atoms with Crippen LogP contribution in [0.5, 0.6) is 0 Å². The molecule has 1 aromatic rings. The summed E-state index contributed by atoms with van der Waals surface area (Å²) in [5, 5.41) is 2.97. The van der Waals surface area contributed by atoms with E-state index in [0.717, 1.165) is 44.7 Å². The largest absolute Gasteiger partial charge is 0.354 e. The smallest absolute Gasteiger partial charge is 0.221 e. The van der Waals surface area contributed by atoms with Crippen LogP contribution >= 0.6 is 0 Å². The number of carbonyl (C=O) groups is 1. The number of hydrogen-bond donors (Lipinski definition) is 1.